The van der Waals surface area contributed by atoms with Gasteiger partial charge in [-0.05, 0) is 48.0 Å². The third-order valence-electron chi connectivity index (χ3n) is 4.12. The zero-order chi connectivity index (χ0) is 19.9. The van der Waals surface area contributed by atoms with Gasteiger partial charge in [-0.25, -0.2) is 5.43 Å². The van der Waals surface area contributed by atoms with Crippen molar-refractivity contribution >= 4 is 12.1 Å². The number of aromatic nitrogens is 2. The Morgan fingerprint density at radius 3 is 2.69 bits per heavy atom. The van der Waals surface area contributed by atoms with Gasteiger partial charge in [0.05, 0.1) is 18.2 Å². The second kappa shape index (κ2) is 8.71. The summed E-state index contributed by atoms with van der Waals surface area (Å²) >= 11 is 0. The zero-order valence-corrected chi connectivity index (χ0v) is 15.4. The number of H-pyrrole nitrogens is 1. The van der Waals surface area contributed by atoms with Gasteiger partial charge in [-0.3, -0.25) is 9.89 Å². The third-order valence-corrected chi connectivity index (χ3v) is 4.12. The first-order valence-electron chi connectivity index (χ1n) is 8.97. The number of hydrogen-bond donors (Lipinski definition) is 2. The first-order chi connectivity index (χ1) is 14.3. The summed E-state index contributed by atoms with van der Waals surface area (Å²) in [6.07, 6.45) is 2.95. The van der Waals surface area contributed by atoms with Crippen LogP contribution in [0.3, 0.4) is 0 Å². The fourth-order valence-corrected chi connectivity index (χ4v) is 2.63. The van der Waals surface area contributed by atoms with Crippen molar-refractivity contribution in [2.24, 2.45) is 5.10 Å². The van der Waals surface area contributed by atoms with Crippen LogP contribution in [0, 0.1) is 0 Å². The molecule has 0 aliphatic heterocycles. The molecule has 1 amide bonds. The van der Waals surface area contributed by atoms with E-state index in [1.807, 2.05) is 54.6 Å². The number of amides is 1. The monoisotopic (exact) mass is 386 g/mol. The summed E-state index contributed by atoms with van der Waals surface area (Å²) in [4.78, 5) is 12.1. The SMILES string of the molecule is O=C(N/N=C/c1ccco1)c1cc(-c2ccc(OCc3ccccc3)cc2)n[nH]1. The van der Waals surface area contributed by atoms with Gasteiger partial charge in [0.25, 0.3) is 5.91 Å². The summed E-state index contributed by atoms with van der Waals surface area (Å²) in [6, 6.07) is 22.7. The largest absolute Gasteiger partial charge is 0.489 e. The summed E-state index contributed by atoms with van der Waals surface area (Å²) in [5.41, 5.74) is 5.35. The molecule has 2 aromatic heterocycles. The molecule has 4 rings (SSSR count). The van der Waals surface area contributed by atoms with Gasteiger partial charge in [-0.2, -0.15) is 10.2 Å². The molecule has 0 saturated carbocycles. The molecule has 0 aliphatic carbocycles. The Bertz CT molecular complexity index is 1080. The Hall–Kier alpha value is -4.13. The molecule has 2 aromatic carbocycles. The molecule has 0 spiro atoms. The van der Waals surface area contributed by atoms with E-state index in [1.54, 1.807) is 18.2 Å². The maximum Gasteiger partial charge on any atom is 0.289 e. The van der Waals surface area contributed by atoms with E-state index in [4.69, 9.17) is 9.15 Å². The van der Waals surface area contributed by atoms with E-state index in [-0.39, 0.29) is 0 Å². The highest BCUT2D eigenvalue weighted by Crippen LogP contribution is 2.22. The van der Waals surface area contributed by atoms with Crippen LogP contribution in [0.5, 0.6) is 5.75 Å². The van der Waals surface area contributed by atoms with Gasteiger partial charge in [0, 0.05) is 5.56 Å². The molecule has 7 nitrogen and oxygen atoms in total. The standard InChI is InChI=1S/C22H18N4O3/c27-22(26-23-14-19-7-4-12-28-19)21-13-20(24-25-21)17-8-10-18(11-9-17)29-15-16-5-2-1-3-6-16/h1-14H,15H2,(H,24,25)(H,26,27)/b23-14+. The highest BCUT2D eigenvalue weighted by atomic mass is 16.5. The average Bonchev–Trinajstić information content (AvgIpc) is 3.46. The predicted octanol–water partition coefficient (Wildman–Crippen LogP) is 4.01. The van der Waals surface area contributed by atoms with Gasteiger partial charge in [-0.15, -0.1) is 0 Å². The molecule has 0 saturated heterocycles. The number of aromatic amines is 1. The minimum atomic E-state index is -0.394. The van der Waals surface area contributed by atoms with Gasteiger partial charge < -0.3 is 9.15 Å². The van der Waals surface area contributed by atoms with E-state index in [0.717, 1.165) is 16.9 Å². The first-order valence-corrected chi connectivity index (χ1v) is 8.97. The quantitative estimate of drug-likeness (QED) is 0.371. The number of nitrogens with one attached hydrogen (secondary N) is 2. The predicted molar refractivity (Wildman–Crippen MR) is 109 cm³/mol. The van der Waals surface area contributed by atoms with Crippen LogP contribution in [0.4, 0.5) is 0 Å². The van der Waals surface area contributed by atoms with Gasteiger partial charge in [0.2, 0.25) is 0 Å². The second-order valence-electron chi connectivity index (χ2n) is 6.18. The zero-order valence-electron chi connectivity index (χ0n) is 15.4. The number of ether oxygens (including phenoxy) is 1. The van der Waals surface area contributed by atoms with Crippen LogP contribution in [0.2, 0.25) is 0 Å². The maximum absolute atomic E-state index is 12.1. The van der Waals surface area contributed by atoms with E-state index in [9.17, 15) is 4.79 Å². The van der Waals surface area contributed by atoms with Crippen LogP contribution in [-0.2, 0) is 6.61 Å². The average molecular weight is 386 g/mol. The molecule has 144 valence electrons. The Labute approximate surface area is 167 Å². The summed E-state index contributed by atoms with van der Waals surface area (Å²) in [5, 5.41) is 10.8. The van der Waals surface area contributed by atoms with E-state index < -0.39 is 5.91 Å². The number of benzene rings is 2. The van der Waals surface area contributed by atoms with Crippen LogP contribution in [0.25, 0.3) is 11.3 Å². The van der Waals surface area contributed by atoms with E-state index >= 15 is 0 Å². The van der Waals surface area contributed by atoms with Gasteiger partial charge in [0.1, 0.15) is 23.8 Å². The number of rotatable bonds is 7. The summed E-state index contributed by atoms with van der Waals surface area (Å²) in [7, 11) is 0. The molecule has 0 fully saturated rings. The van der Waals surface area contributed by atoms with Crippen LogP contribution in [0.15, 0.2) is 88.6 Å². The Kier molecular flexibility index (Phi) is 5.48. The molecular weight excluding hydrogens is 368 g/mol. The fourth-order valence-electron chi connectivity index (χ4n) is 2.63. The van der Waals surface area contributed by atoms with Gasteiger partial charge >= 0.3 is 0 Å². The van der Waals surface area contributed by atoms with E-state index in [0.29, 0.717) is 23.8 Å². The lowest BCUT2D eigenvalue weighted by atomic mass is 10.1. The summed E-state index contributed by atoms with van der Waals surface area (Å²) < 4.78 is 10.9. The molecule has 29 heavy (non-hydrogen) atoms. The minimum absolute atomic E-state index is 0.306. The van der Waals surface area contributed by atoms with Crippen molar-refractivity contribution in [3.63, 3.8) is 0 Å². The van der Waals surface area contributed by atoms with Crippen LogP contribution >= 0.6 is 0 Å². The lowest BCUT2D eigenvalue weighted by molar-refractivity contribution is 0.0950. The number of carbonyl (C=O) groups excluding carboxylic acids is 1. The molecular formula is C22H18N4O3. The first kappa shape index (κ1) is 18.2. The number of nitrogens with zero attached hydrogens (tertiary/aromatic N) is 2. The molecule has 4 aromatic rings. The van der Waals surface area contributed by atoms with Crippen molar-refractivity contribution in [1.29, 1.82) is 0 Å². The summed E-state index contributed by atoms with van der Waals surface area (Å²) in [6.45, 7) is 0.505. The molecule has 0 radical (unpaired) electrons. The Morgan fingerprint density at radius 2 is 1.93 bits per heavy atom. The third kappa shape index (κ3) is 4.78. The topological polar surface area (TPSA) is 92.5 Å². The van der Waals surface area contributed by atoms with E-state index in [2.05, 4.69) is 20.7 Å². The molecule has 0 aliphatic rings. The Morgan fingerprint density at radius 1 is 1.10 bits per heavy atom. The lowest BCUT2D eigenvalue weighted by Crippen LogP contribution is -2.17. The van der Waals surface area contributed by atoms with Gasteiger partial charge in [0.15, 0.2) is 0 Å². The molecule has 2 heterocycles. The molecule has 2 N–H and O–H groups in total. The smallest absolute Gasteiger partial charge is 0.289 e. The van der Waals surface area contributed by atoms with Crippen molar-refractivity contribution in [1.82, 2.24) is 15.6 Å². The number of carbonyl (C=O) groups is 1. The summed E-state index contributed by atoms with van der Waals surface area (Å²) in [5.74, 6) is 0.915. The van der Waals surface area contributed by atoms with Crippen molar-refractivity contribution in [2.75, 3.05) is 0 Å². The molecule has 7 heteroatoms. The van der Waals surface area contributed by atoms with E-state index in [1.165, 1.54) is 12.5 Å². The normalized spacial score (nSPS) is 10.9. The van der Waals surface area contributed by atoms with Crippen LogP contribution in [-0.4, -0.2) is 22.3 Å². The van der Waals surface area contributed by atoms with Crippen molar-refractivity contribution in [2.45, 2.75) is 6.61 Å². The fraction of sp³-hybridized carbons (Fsp3) is 0.0455. The second-order valence-corrected chi connectivity index (χ2v) is 6.18. The molecule has 0 unspecified atom stereocenters. The van der Waals surface area contributed by atoms with Crippen LogP contribution < -0.4 is 10.2 Å². The van der Waals surface area contributed by atoms with Crippen LogP contribution in [0.1, 0.15) is 21.8 Å². The molecule has 0 bridgehead atoms. The van der Waals surface area contributed by atoms with Crippen molar-refractivity contribution in [3.8, 4) is 17.0 Å². The van der Waals surface area contributed by atoms with Gasteiger partial charge in [-0.1, -0.05) is 30.3 Å². The maximum atomic E-state index is 12.1. The lowest BCUT2D eigenvalue weighted by Gasteiger charge is -2.06. The number of furan rings is 1. The highest BCUT2D eigenvalue weighted by molar-refractivity contribution is 5.93. The minimum Gasteiger partial charge on any atom is -0.489 e. The van der Waals surface area contributed by atoms with Crippen molar-refractivity contribution < 1.29 is 13.9 Å². The van der Waals surface area contributed by atoms with Crippen molar-refractivity contribution in [3.05, 3.63) is 96.1 Å². The number of hydrogen-bond acceptors (Lipinski definition) is 5. The highest BCUT2D eigenvalue weighted by Gasteiger charge is 2.10. The number of hydrazone groups is 1. The Balaban J connectivity index is 1.35. The molecule has 0 atom stereocenters.